The Kier molecular flexibility index (Phi) is 7.72. The molecule has 2 aromatic rings. The number of amides is 1. The number of methoxy groups -OCH3 is 1. The third-order valence-corrected chi connectivity index (χ3v) is 4.42. The summed E-state index contributed by atoms with van der Waals surface area (Å²) in [6, 6.07) is 14.8. The lowest BCUT2D eigenvalue weighted by atomic mass is 9.97. The van der Waals surface area contributed by atoms with E-state index >= 15 is 0 Å². The molecule has 0 fully saturated rings. The van der Waals surface area contributed by atoms with Gasteiger partial charge in [-0.25, -0.2) is 0 Å². The first-order valence-corrected chi connectivity index (χ1v) is 8.74. The smallest absolute Gasteiger partial charge is 0.237 e. The van der Waals surface area contributed by atoms with E-state index in [0.717, 1.165) is 11.1 Å². The van der Waals surface area contributed by atoms with Gasteiger partial charge in [-0.1, -0.05) is 47.5 Å². The summed E-state index contributed by atoms with van der Waals surface area (Å²) < 4.78 is 4.98. The van der Waals surface area contributed by atoms with Crippen molar-refractivity contribution in [1.29, 1.82) is 0 Å². The number of hydrogen-bond donors (Lipinski definition) is 1. The molecule has 2 rings (SSSR count). The first-order valence-electron chi connectivity index (χ1n) is 7.99. The lowest BCUT2D eigenvalue weighted by Gasteiger charge is -2.29. The van der Waals surface area contributed by atoms with Gasteiger partial charge in [-0.15, -0.1) is 0 Å². The minimum Gasteiger partial charge on any atom is -0.383 e. The Hall–Kier alpha value is -1.59. The Balaban J connectivity index is 2.23. The van der Waals surface area contributed by atoms with Crippen LogP contribution in [0.5, 0.6) is 0 Å². The molecule has 0 radical (unpaired) electrons. The summed E-state index contributed by atoms with van der Waals surface area (Å²) >= 11 is 12.0. The molecule has 0 atom stereocenters. The Morgan fingerprint density at radius 1 is 1.04 bits per heavy atom. The quantitative estimate of drug-likeness (QED) is 0.708. The molecule has 25 heavy (non-hydrogen) atoms. The molecule has 0 saturated carbocycles. The van der Waals surface area contributed by atoms with Crippen LogP contribution in [0.15, 0.2) is 48.5 Å². The van der Waals surface area contributed by atoms with Crippen LogP contribution >= 0.6 is 23.2 Å². The van der Waals surface area contributed by atoms with Crippen LogP contribution in [0, 0.1) is 0 Å². The van der Waals surface area contributed by atoms with Crippen molar-refractivity contribution >= 4 is 29.1 Å². The topological polar surface area (TPSA) is 41.6 Å². The summed E-state index contributed by atoms with van der Waals surface area (Å²) in [7, 11) is 3.43. The van der Waals surface area contributed by atoms with Gasteiger partial charge in [-0.05, 0) is 35.4 Å². The van der Waals surface area contributed by atoms with Crippen LogP contribution in [0.25, 0.3) is 0 Å². The number of carbonyl (C=O) groups excluding carboxylic acids is 1. The fraction of sp³-hybridized carbons (Fsp3) is 0.316. The fourth-order valence-electron chi connectivity index (χ4n) is 2.57. The molecular weight excluding hydrogens is 359 g/mol. The third-order valence-electron chi connectivity index (χ3n) is 3.91. The van der Waals surface area contributed by atoms with Gasteiger partial charge in [0.15, 0.2) is 0 Å². The summed E-state index contributed by atoms with van der Waals surface area (Å²) in [6.45, 7) is 1.44. The number of halogens is 2. The highest BCUT2D eigenvalue weighted by atomic mass is 35.5. The average Bonchev–Trinajstić information content (AvgIpc) is 2.62. The van der Waals surface area contributed by atoms with Gasteiger partial charge in [0.1, 0.15) is 0 Å². The van der Waals surface area contributed by atoms with E-state index < -0.39 is 0 Å². The molecule has 2 aromatic carbocycles. The number of ether oxygens (including phenoxy) is 1. The molecule has 1 N–H and O–H groups in total. The predicted octanol–water partition coefficient (Wildman–Crippen LogP) is 3.78. The average molecular weight is 381 g/mol. The molecule has 0 aliphatic heterocycles. The van der Waals surface area contributed by atoms with E-state index in [4.69, 9.17) is 27.9 Å². The second kappa shape index (κ2) is 9.78. The molecule has 0 unspecified atom stereocenters. The van der Waals surface area contributed by atoms with Crippen molar-refractivity contribution in [2.75, 3.05) is 33.9 Å². The van der Waals surface area contributed by atoms with E-state index in [0.29, 0.717) is 23.2 Å². The second-order valence-corrected chi connectivity index (χ2v) is 6.55. The van der Waals surface area contributed by atoms with E-state index in [1.807, 2.05) is 48.5 Å². The molecule has 0 aliphatic rings. The van der Waals surface area contributed by atoms with Crippen molar-refractivity contribution in [3.63, 3.8) is 0 Å². The van der Waals surface area contributed by atoms with Crippen LogP contribution in [-0.4, -0.2) is 44.7 Å². The van der Waals surface area contributed by atoms with Gasteiger partial charge >= 0.3 is 0 Å². The zero-order valence-electron chi connectivity index (χ0n) is 14.3. The maximum Gasteiger partial charge on any atom is 0.237 e. The maximum atomic E-state index is 12.6. The number of carbonyl (C=O) groups is 1. The maximum absolute atomic E-state index is 12.6. The highest BCUT2D eigenvalue weighted by molar-refractivity contribution is 6.30. The van der Waals surface area contributed by atoms with Crippen molar-refractivity contribution < 1.29 is 9.53 Å². The molecule has 4 nitrogen and oxygen atoms in total. The van der Waals surface area contributed by atoms with E-state index in [1.54, 1.807) is 19.1 Å². The molecule has 1 amide bonds. The van der Waals surface area contributed by atoms with Crippen molar-refractivity contribution in [3.05, 3.63) is 69.7 Å². The fourth-order valence-corrected chi connectivity index (χ4v) is 2.82. The molecule has 0 aliphatic carbocycles. The monoisotopic (exact) mass is 380 g/mol. The van der Waals surface area contributed by atoms with Crippen LogP contribution < -0.4 is 5.32 Å². The van der Waals surface area contributed by atoms with Gasteiger partial charge < -0.3 is 15.0 Å². The normalized spacial score (nSPS) is 10.9. The molecule has 0 bridgehead atoms. The van der Waals surface area contributed by atoms with Crippen LogP contribution in [-0.2, 0) is 9.53 Å². The summed E-state index contributed by atoms with van der Waals surface area (Å²) in [5.41, 5.74) is 1.97. The zero-order valence-corrected chi connectivity index (χ0v) is 15.8. The summed E-state index contributed by atoms with van der Waals surface area (Å²) in [4.78, 5) is 14.3. The number of likely N-dealkylation sites (N-methyl/N-ethyl adjacent to an activating group) is 1. The number of nitrogens with zero attached hydrogens (tertiary/aromatic N) is 1. The summed E-state index contributed by atoms with van der Waals surface area (Å²) in [6.07, 6.45) is 0. The molecular formula is C19H22Cl2N2O2. The molecule has 0 aromatic heterocycles. The van der Waals surface area contributed by atoms with E-state index in [2.05, 4.69) is 5.32 Å². The lowest BCUT2D eigenvalue weighted by molar-refractivity contribution is -0.130. The van der Waals surface area contributed by atoms with Crippen molar-refractivity contribution in [2.45, 2.75) is 6.04 Å². The van der Waals surface area contributed by atoms with E-state index in [1.165, 1.54) is 0 Å². The van der Waals surface area contributed by atoms with E-state index in [-0.39, 0.29) is 18.5 Å². The first kappa shape index (κ1) is 19.7. The van der Waals surface area contributed by atoms with Crippen LogP contribution in [0.3, 0.4) is 0 Å². The molecule has 0 spiro atoms. The Labute approximate surface area is 158 Å². The van der Waals surface area contributed by atoms with Gasteiger partial charge in [-0.2, -0.15) is 0 Å². The Morgan fingerprint density at radius 3 is 1.96 bits per heavy atom. The molecule has 134 valence electrons. The summed E-state index contributed by atoms with van der Waals surface area (Å²) in [5, 5.41) is 4.41. The van der Waals surface area contributed by atoms with Crippen molar-refractivity contribution in [3.8, 4) is 0 Å². The third kappa shape index (κ3) is 5.72. The number of hydrogen-bond acceptors (Lipinski definition) is 3. The van der Waals surface area contributed by atoms with Gasteiger partial charge in [0, 0.05) is 30.7 Å². The van der Waals surface area contributed by atoms with Gasteiger partial charge in [0.05, 0.1) is 19.2 Å². The largest absolute Gasteiger partial charge is 0.383 e. The first-order chi connectivity index (χ1) is 12.0. The van der Waals surface area contributed by atoms with Gasteiger partial charge in [0.25, 0.3) is 0 Å². The number of nitrogens with one attached hydrogen (secondary N) is 1. The zero-order chi connectivity index (χ0) is 18.2. The van der Waals surface area contributed by atoms with Crippen molar-refractivity contribution in [2.24, 2.45) is 0 Å². The lowest BCUT2D eigenvalue weighted by Crippen LogP contribution is -2.39. The Morgan fingerprint density at radius 2 is 1.52 bits per heavy atom. The van der Waals surface area contributed by atoms with Crippen molar-refractivity contribution in [1.82, 2.24) is 10.2 Å². The van der Waals surface area contributed by atoms with Crippen LogP contribution in [0.1, 0.15) is 17.2 Å². The standard InChI is InChI=1S/C19H22Cl2N2O2/c1-23(18(24)13-22-11-12-25-2)19(14-3-7-16(20)8-4-14)15-5-9-17(21)10-6-15/h3-10,19,22H,11-13H2,1-2H3. The molecule has 6 heteroatoms. The highest BCUT2D eigenvalue weighted by Gasteiger charge is 2.23. The molecule has 0 saturated heterocycles. The second-order valence-electron chi connectivity index (χ2n) is 5.68. The van der Waals surface area contributed by atoms with Gasteiger partial charge in [-0.3, -0.25) is 4.79 Å². The van der Waals surface area contributed by atoms with Gasteiger partial charge in [0.2, 0.25) is 5.91 Å². The SMILES string of the molecule is COCCNCC(=O)N(C)C(c1ccc(Cl)cc1)c1ccc(Cl)cc1. The minimum atomic E-state index is -0.216. The molecule has 0 heterocycles. The minimum absolute atomic E-state index is 0.00833. The highest BCUT2D eigenvalue weighted by Crippen LogP contribution is 2.29. The van der Waals surface area contributed by atoms with E-state index in [9.17, 15) is 4.79 Å². The van der Waals surface area contributed by atoms with Crippen LogP contribution in [0.4, 0.5) is 0 Å². The number of benzene rings is 2. The van der Waals surface area contributed by atoms with Crippen LogP contribution in [0.2, 0.25) is 10.0 Å². The summed E-state index contributed by atoms with van der Waals surface area (Å²) in [5.74, 6) is -0.00833. The predicted molar refractivity (Wildman–Crippen MR) is 102 cm³/mol. The Bertz CT molecular complexity index is 629. The number of rotatable bonds is 8.